The SMILES string of the molecule is O=C(O)C1CCCCC1NC(=O)N(CC1CC1)C1CC1. The molecule has 5 heteroatoms. The summed E-state index contributed by atoms with van der Waals surface area (Å²) in [6.07, 6.45) is 8.13. The van der Waals surface area contributed by atoms with Gasteiger partial charge in [-0.3, -0.25) is 4.79 Å². The molecule has 0 aromatic rings. The molecule has 3 fully saturated rings. The number of nitrogens with zero attached hydrogens (tertiary/aromatic N) is 1. The Bertz CT molecular complexity index is 391. The van der Waals surface area contributed by atoms with Gasteiger partial charge in [-0.1, -0.05) is 12.8 Å². The number of carbonyl (C=O) groups excluding carboxylic acids is 1. The molecule has 0 bridgehead atoms. The average Bonchev–Trinajstić information content (AvgIpc) is 3.28. The molecule has 5 nitrogen and oxygen atoms in total. The van der Waals surface area contributed by atoms with Gasteiger partial charge in [-0.2, -0.15) is 0 Å². The third kappa shape index (κ3) is 3.25. The first-order valence-electron chi connectivity index (χ1n) is 7.95. The van der Waals surface area contributed by atoms with Crippen molar-refractivity contribution < 1.29 is 14.7 Å². The van der Waals surface area contributed by atoms with E-state index in [-0.39, 0.29) is 12.1 Å². The maximum Gasteiger partial charge on any atom is 0.317 e. The highest BCUT2D eigenvalue weighted by Crippen LogP contribution is 2.35. The number of carbonyl (C=O) groups is 2. The van der Waals surface area contributed by atoms with E-state index in [1.165, 1.54) is 12.8 Å². The lowest BCUT2D eigenvalue weighted by Crippen LogP contribution is -2.51. The fourth-order valence-electron chi connectivity index (χ4n) is 3.20. The number of hydrogen-bond acceptors (Lipinski definition) is 2. The van der Waals surface area contributed by atoms with Gasteiger partial charge in [0.1, 0.15) is 0 Å². The molecule has 0 aromatic carbocycles. The number of urea groups is 1. The number of aliphatic carboxylic acids is 1. The van der Waals surface area contributed by atoms with Gasteiger partial charge in [0.2, 0.25) is 0 Å². The molecule has 2 atom stereocenters. The zero-order valence-corrected chi connectivity index (χ0v) is 11.9. The monoisotopic (exact) mass is 280 g/mol. The van der Waals surface area contributed by atoms with Gasteiger partial charge in [-0.15, -0.1) is 0 Å². The van der Waals surface area contributed by atoms with Crippen molar-refractivity contribution >= 4 is 12.0 Å². The third-order valence-electron chi connectivity index (χ3n) is 4.79. The summed E-state index contributed by atoms with van der Waals surface area (Å²) in [4.78, 5) is 25.7. The summed E-state index contributed by atoms with van der Waals surface area (Å²) in [6, 6.07) is 0.189. The van der Waals surface area contributed by atoms with Crippen molar-refractivity contribution in [3.05, 3.63) is 0 Å². The summed E-state index contributed by atoms with van der Waals surface area (Å²) in [5.41, 5.74) is 0. The van der Waals surface area contributed by atoms with Crippen LogP contribution in [0.15, 0.2) is 0 Å². The van der Waals surface area contributed by atoms with E-state index in [1.807, 2.05) is 4.90 Å². The van der Waals surface area contributed by atoms with Gasteiger partial charge in [0.05, 0.1) is 5.92 Å². The summed E-state index contributed by atoms with van der Waals surface area (Å²) in [5, 5.41) is 12.3. The minimum absolute atomic E-state index is 0.0300. The van der Waals surface area contributed by atoms with Crippen molar-refractivity contribution in [2.45, 2.75) is 63.5 Å². The Morgan fingerprint density at radius 2 is 1.75 bits per heavy atom. The molecule has 112 valence electrons. The van der Waals surface area contributed by atoms with E-state index in [1.54, 1.807) is 0 Å². The Labute approximate surface area is 119 Å². The number of hydrogen-bond donors (Lipinski definition) is 2. The molecule has 2 amide bonds. The molecular weight excluding hydrogens is 256 g/mol. The number of rotatable bonds is 5. The van der Waals surface area contributed by atoms with Crippen molar-refractivity contribution in [1.82, 2.24) is 10.2 Å². The van der Waals surface area contributed by atoms with Crippen LogP contribution in [0, 0.1) is 11.8 Å². The van der Waals surface area contributed by atoms with E-state index < -0.39 is 11.9 Å². The second kappa shape index (κ2) is 5.62. The van der Waals surface area contributed by atoms with Crippen LogP contribution in [-0.4, -0.2) is 40.6 Å². The maximum atomic E-state index is 12.4. The first-order valence-corrected chi connectivity index (χ1v) is 7.95. The molecule has 20 heavy (non-hydrogen) atoms. The summed E-state index contributed by atoms with van der Waals surface area (Å²) in [6.45, 7) is 0.862. The van der Waals surface area contributed by atoms with E-state index >= 15 is 0 Å². The fraction of sp³-hybridized carbons (Fsp3) is 0.867. The average molecular weight is 280 g/mol. The largest absolute Gasteiger partial charge is 0.481 e. The molecule has 0 aliphatic heterocycles. The van der Waals surface area contributed by atoms with Crippen LogP contribution in [0.3, 0.4) is 0 Å². The van der Waals surface area contributed by atoms with Crippen LogP contribution in [0.2, 0.25) is 0 Å². The van der Waals surface area contributed by atoms with Gasteiger partial charge in [0.15, 0.2) is 0 Å². The molecule has 0 saturated heterocycles. The molecule has 2 N–H and O–H groups in total. The fourth-order valence-corrected chi connectivity index (χ4v) is 3.20. The first kappa shape index (κ1) is 13.7. The van der Waals surface area contributed by atoms with Crippen molar-refractivity contribution in [3.8, 4) is 0 Å². The molecule has 0 spiro atoms. The Morgan fingerprint density at radius 3 is 2.35 bits per heavy atom. The molecule has 0 aromatic heterocycles. The van der Waals surface area contributed by atoms with Gasteiger partial charge in [-0.05, 0) is 44.4 Å². The second-order valence-corrected chi connectivity index (χ2v) is 6.61. The maximum absolute atomic E-state index is 12.4. The highest BCUT2D eigenvalue weighted by atomic mass is 16.4. The molecule has 3 saturated carbocycles. The Morgan fingerprint density at radius 1 is 1.05 bits per heavy atom. The van der Waals surface area contributed by atoms with Crippen molar-refractivity contribution in [3.63, 3.8) is 0 Å². The van der Waals surface area contributed by atoms with Crippen LogP contribution in [0.25, 0.3) is 0 Å². The minimum atomic E-state index is -0.768. The first-order chi connectivity index (χ1) is 9.65. The topological polar surface area (TPSA) is 69.6 Å². The molecule has 0 heterocycles. The molecule has 3 aliphatic carbocycles. The van der Waals surface area contributed by atoms with Crippen LogP contribution in [0.5, 0.6) is 0 Å². The van der Waals surface area contributed by atoms with Crippen LogP contribution < -0.4 is 5.32 Å². The molecule has 2 unspecified atom stereocenters. The lowest BCUT2D eigenvalue weighted by Gasteiger charge is -2.32. The Kier molecular flexibility index (Phi) is 3.85. The Balaban J connectivity index is 1.58. The predicted octanol–water partition coefficient (Wildman–Crippen LogP) is 2.21. The molecular formula is C15H24N2O3. The number of amides is 2. The summed E-state index contributed by atoms with van der Waals surface area (Å²) >= 11 is 0. The Hall–Kier alpha value is -1.26. The van der Waals surface area contributed by atoms with Gasteiger partial charge in [0.25, 0.3) is 0 Å². The zero-order chi connectivity index (χ0) is 14.1. The van der Waals surface area contributed by atoms with Gasteiger partial charge in [0, 0.05) is 18.6 Å². The standard InChI is InChI=1S/C15H24N2O3/c18-14(19)12-3-1-2-4-13(12)16-15(20)17(11-7-8-11)9-10-5-6-10/h10-13H,1-9H2,(H,16,20)(H,18,19). The number of carboxylic acids is 1. The van der Waals surface area contributed by atoms with Crippen molar-refractivity contribution in [2.75, 3.05) is 6.54 Å². The highest BCUT2D eigenvalue weighted by molar-refractivity contribution is 5.77. The smallest absolute Gasteiger partial charge is 0.317 e. The third-order valence-corrected chi connectivity index (χ3v) is 4.79. The lowest BCUT2D eigenvalue weighted by atomic mass is 9.84. The van der Waals surface area contributed by atoms with Crippen LogP contribution in [0.1, 0.15) is 51.4 Å². The molecule has 3 rings (SSSR count). The van der Waals surface area contributed by atoms with E-state index in [2.05, 4.69) is 5.32 Å². The number of nitrogens with one attached hydrogen (secondary N) is 1. The summed E-state index contributed by atoms with van der Waals surface area (Å²) in [7, 11) is 0. The molecule has 3 aliphatic rings. The molecule has 0 radical (unpaired) electrons. The van der Waals surface area contributed by atoms with Crippen molar-refractivity contribution in [1.29, 1.82) is 0 Å². The summed E-state index contributed by atoms with van der Waals surface area (Å²) < 4.78 is 0. The van der Waals surface area contributed by atoms with Crippen molar-refractivity contribution in [2.24, 2.45) is 11.8 Å². The normalized spacial score (nSPS) is 29.8. The van der Waals surface area contributed by atoms with Crippen LogP contribution in [0.4, 0.5) is 4.79 Å². The quantitative estimate of drug-likeness (QED) is 0.811. The predicted molar refractivity (Wildman–Crippen MR) is 74.4 cm³/mol. The van der Waals surface area contributed by atoms with E-state index in [9.17, 15) is 14.7 Å². The minimum Gasteiger partial charge on any atom is -0.481 e. The van der Waals surface area contributed by atoms with E-state index in [0.29, 0.717) is 18.4 Å². The van der Waals surface area contributed by atoms with Gasteiger partial charge < -0.3 is 15.3 Å². The lowest BCUT2D eigenvalue weighted by molar-refractivity contribution is -0.143. The van der Waals surface area contributed by atoms with Crippen LogP contribution >= 0.6 is 0 Å². The zero-order valence-electron chi connectivity index (χ0n) is 11.9. The summed E-state index contributed by atoms with van der Waals surface area (Å²) in [5.74, 6) is -0.493. The van der Waals surface area contributed by atoms with Gasteiger partial charge >= 0.3 is 12.0 Å². The van der Waals surface area contributed by atoms with E-state index in [0.717, 1.165) is 38.6 Å². The van der Waals surface area contributed by atoms with Gasteiger partial charge in [-0.25, -0.2) is 4.79 Å². The number of carboxylic acid groups (broad SMARTS) is 1. The highest BCUT2D eigenvalue weighted by Gasteiger charge is 2.39. The van der Waals surface area contributed by atoms with E-state index in [4.69, 9.17) is 0 Å². The van der Waals surface area contributed by atoms with Crippen LogP contribution in [-0.2, 0) is 4.79 Å². The second-order valence-electron chi connectivity index (χ2n) is 6.61.